The second-order valence-corrected chi connectivity index (χ2v) is 4.90. The molecule has 1 aromatic heterocycles. The van der Waals surface area contributed by atoms with Gasteiger partial charge in [-0.3, -0.25) is 10.1 Å². The fraction of sp³-hybridized carbons (Fsp3) is 0.200. The molecule has 23 heavy (non-hydrogen) atoms. The highest BCUT2D eigenvalue weighted by Crippen LogP contribution is 2.14. The van der Waals surface area contributed by atoms with Gasteiger partial charge in [-0.15, -0.1) is 9.97 Å². The summed E-state index contributed by atoms with van der Waals surface area (Å²) in [5.74, 6) is -1.57. The molecule has 0 aliphatic rings. The number of aryl methyl sites for hydroxylation is 2. The molecule has 0 saturated carbocycles. The van der Waals surface area contributed by atoms with Gasteiger partial charge >= 0.3 is 5.95 Å². The molecule has 2 aromatic rings. The van der Waals surface area contributed by atoms with Crippen LogP contribution >= 0.6 is 0 Å². The van der Waals surface area contributed by atoms with Crippen LogP contribution in [-0.4, -0.2) is 21.8 Å². The number of benzene rings is 1. The van der Waals surface area contributed by atoms with Gasteiger partial charge in [0.05, 0.1) is 11.4 Å². The first-order chi connectivity index (χ1) is 10.8. The van der Waals surface area contributed by atoms with Crippen LogP contribution < -0.4 is 15.6 Å². The molecule has 3 N–H and O–H groups in total. The van der Waals surface area contributed by atoms with Gasteiger partial charge in [-0.2, -0.15) is 0 Å². The zero-order valence-electron chi connectivity index (χ0n) is 12.9. The van der Waals surface area contributed by atoms with Crippen molar-refractivity contribution in [1.82, 2.24) is 15.3 Å². The summed E-state index contributed by atoms with van der Waals surface area (Å²) < 4.78 is 26.7. The van der Waals surface area contributed by atoms with Crippen LogP contribution in [0.5, 0.6) is 0 Å². The molecule has 0 unspecified atom stereocenters. The normalized spacial score (nSPS) is 11.3. The number of nitrogens with one attached hydrogen (secondary N) is 3. The van der Waals surface area contributed by atoms with E-state index in [1.165, 1.54) is 13.0 Å². The predicted octanol–water partition coefficient (Wildman–Crippen LogP) is 0.688. The molecular formula is C15H16F2N5O+. The van der Waals surface area contributed by atoms with Gasteiger partial charge in [0.15, 0.2) is 5.82 Å². The minimum atomic E-state index is -0.795. The van der Waals surface area contributed by atoms with Gasteiger partial charge in [0.25, 0.3) is 11.9 Å². The summed E-state index contributed by atoms with van der Waals surface area (Å²) >= 11 is 0. The van der Waals surface area contributed by atoms with Crippen molar-refractivity contribution in [2.24, 2.45) is 0 Å². The maximum absolute atomic E-state index is 13.7. The van der Waals surface area contributed by atoms with E-state index in [-0.39, 0.29) is 23.5 Å². The first-order valence-corrected chi connectivity index (χ1v) is 6.79. The Bertz CT molecular complexity index is 756. The van der Waals surface area contributed by atoms with Crippen molar-refractivity contribution in [3.8, 4) is 0 Å². The molecule has 0 spiro atoms. The maximum atomic E-state index is 13.7. The second kappa shape index (κ2) is 6.91. The summed E-state index contributed by atoms with van der Waals surface area (Å²) in [5, 5.41) is 5.12. The number of halogens is 2. The van der Waals surface area contributed by atoms with Crippen molar-refractivity contribution in [3.63, 3.8) is 0 Å². The highest BCUT2D eigenvalue weighted by atomic mass is 19.1. The van der Waals surface area contributed by atoms with E-state index in [1.807, 2.05) is 0 Å². The monoisotopic (exact) mass is 320 g/mol. The van der Waals surface area contributed by atoms with Crippen LogP contribution in [0.2, 0.25) is 0 Å². The molecule has 0 bridgehead atoms. The van der Waals surface area contributed by atoms with E-state index >= 15 is 0 Å². The van der Waals surface area contributed by atoms with Gasteiger partial charge in [-0.1, -0.05) is 0 Å². The number of carbonyl (C=O) groups is 1. The van der Waals surface area contributed by atoms with Crippen molar-refractivity contribution in [2.45, 2.75) is 20.8 Å². The van der Waals surface area contributed by atoms with Gasteiger partial charge < -0.3 is 0 Å². The third-order valence-electron chi connectivity index (χ3n) is 2.71. The third-order valence-corrected chi connectivity index (χ3v) is 2.71. The summed E-state index contributed by atoms with van der Waals surface area (Å²) in [4.78, 5) is 22.4. The molecule has 1 amide bonds. The highest BCUT2D eigenvalue weighted by Gasteiger charge is 2.13. The lowest BCUT2D eigenvalue weighted by Gasteiger charge is -2.07. The van der Waals surface area contributed by atoms with Crippen LogP contribution in [-0.2, 0) is 4.79 Å². The number of guanidine groups is 1. The molecule has 0 radical (unpaired) electrons. The van der Waals surface area contributed by atoms with Crippen LogP contribution in [0.15, 0.2) is 24.3 Å². The van der Waals surface area contributed by atoms with E-state index in [0.29, 0.717) is 0 Å². The quantitative estimate of drug-likeness (QED) is 0.562. The summed E-state index contributed by atoms with van der Waals surface area (Å²) in [5.41, 5.74) is 1.46. The Morgan fingerprint density at radius 1 is 1.13 bits per heavy atom. The number of carbonyl (C=O) groups excluding carboxylic acids is 1. The zero-order chi connectivity index (χ0) is 17.0. The van der Waals surface area contributed by atoms with Crippen LogP contribution in [0.3, 0.4) is 0 Å². The Hall–Kier alpha value is -2.90. The molecule has 1 heterocycles. The molecule has 6 nitrogen and oxygen atoms in total. The van der Waals surface area contributed by atoms with Crippen LogP contribution in [0, 0.1) is 25.5 Å². The van der Waals surface area contributed by atoms with Crippen LogP contribution in [0.4, 0.5) is 20.4 Å². The molecule has 2 rings (SSSR count). The van der Waals surface area contributed by atoms with Crippen molar-refractivity contribution in [3.05, 3.63) is 47.3 Å². The third kappa shape index (κ3) is 4.80. The highest BCUT2D eigenvalue weighted by molar-refractivity contribution is 6.00. The fourth-order valence-corrected chi connectivity index (χ4v) is 1.89. The molecular weight excluding hydrogens is 304 g/mol. The SMILES string of the molecule is CC(=O)N/C(Nc1ccc(F)cc1F)=[NH+]/c1nc(C)cc(C)n1. The Morgan fingerprint density at radius 3 is 2.35 bits per heavy atom. The Morgan fingerprint density at radius 2 is 1.78 bits per heavy atom. The number of anilines is 1. The van der Waals surface area contributed by atoms with Crippen molar-refractivity contribution in [1.29, 1.82) is 0 Å². The molecule has 0 aliphatic carbocycles. The van der Waals surface area contributed by atoms with E-state index in [4.69, 9.17) is 0 Å². The zero-order valence-corrected chi connectivity index (χ0v) is 12.9. The van der Waals surface area contributed by atoms with E-state index in [9.17, 15) is 13.6 Å². The van der Waals surface area contributed by atoms with Crippen molar-refractivity contribution in [2.75, 3.05) is 5.32 Å². The van der Waals surface area contributed by atoms with Gasteiger partial charge in [0, 0.05) is 19.1 Å². The Kier molecular flexibility index (Phi) is 4.95. The molecule has 0 atom stereocenters. The smallest absolute Gasteiger partial charge is 0.275 e. The molecule has 8 heteroatoms. The number of hydrogen-bond acceptors (Lipinski definition) is 3. The first-order valence-electron chi connectivity index (χ1n) is 6.79. The summed E-state index contributed by atoms with van der Waals surface area (Å²) in [6.45, 7) is 4.89. The lowest BCUT2D eigenvalue weighted by Crippen LogP contribution is -2.74. The number of hydrogen-bond donors (Lipinski definition) is 3. The summed E-state index contributed by atoms with van der Waals surface area (Å²) in [6.07, 6.45) is 0. The Balaban J connectivity index is 2.36. The average molecular weight is 320 g/mol. The van der Waals surface area contributed by atoms with Gasteiger partial charge in [-0.05, 0) is 26.0 Å². The van der Waals surface area contributed by atoms with Gasteiger partial charge in [0.1, 0.15) is 11.5 Å². The second-order valence-electron chi connectivity index (χ2n) is 4.90. The van der Waals surface area contributed by atoms with Crippen molar-refractivity contribution < 1.29 is 18.6 Å². The standard InChI is InChI=1S/C15H15F2N5O/c1-8-6-9(2)19-14(18-8)22-15(20-10(3)23)21-13-5-4-11(16)7-12(13)17/h4-7H,1-3H3,(H2,18,19,20,21,22,23)/p+1. The number of nitrogens with zero attached hydrogens (tertiary/aromatic N) is 2. The molecule has 0 fully saturated rings. The summed E-state index contributed by atoms with van der Waals surface area (Å²) in [6, 6.07) is 4.85. The fourth-order valence-electron chi connectivity index (χ4n) is 1.89. The number of amides is 1. The minimum absolute atomic E-state index is 0.00738. The molecule has 0 saturated heterocycles. The molecule has 1 aromatic carbocycles. The Labute approximate surface area is 131 Å². The lowest BCUT2D eigenvalue weighted by molar-refractivity contribution is -0.366. The first kappa shape index (κ1) is 16.5. The van der Waals surface area contributed by atoms with Gasteiger partial charge in [-0.25, -0.2) is 19.1 Å². The predicted molar refractivity (Wildman–Crippen MR) is 80.9 cm³/mol. The van der Waals surface area contributed by atoms with Crippen LogP contribution in [0.25, 0.3) is 0 Å². The maximum Gasteiger partial charge on any atom is 0.354 e. The van der Waals surface area contributed by atoms with Crippen molar-refractivity contribution >= 4 is 23.5 Å². The van der Waals surface area contributed by atoms with E-state index in [0.717, 1.165) is 23.5 Å². The largest absolute Gasteiger partial charge is 0.354 e. The lowest BCUT2D eigenvalue weighted by atomic mass is 10.3. The topological polar surface area (TPSA) is 80.9 Å². The minimum Gasteiger partial charge on any atom is -0.275 e. The average Bonchev–Trinajstić information content (AvgIpc) is 2.40. The molecule has 0 aliphatic heterocycles. The van der Waals surface area contributed by atoms with Gasteiger partial charge in [0.2, 0.25) is 0 Å². The van der Waals surface area contributed by atoms with E-state index in [1.54, 1.807) is 19.9 Å². The number of rotatable bonds is 2. The van der Waals surface area contributed by atoms with E-state index in [2.05, 4.69) is 25.6 Å². The summed E-state index contributed by atoms with van der Waals surface area (Å²) in [7, 11) is 0. The number of aromatic nitrogens is 2. The van der Waals surface area contributed by atoms with E-state index < -0.39 is 11.6 Å². The van der Waals surface area contributed by atoms with Crippen LogP contribution in [0.1, 0.15) is 18.3 Å². The molecule has 120 valence electrons.